The lowest BCUT2D eigenvalue weighted by molar-refractivity contribution is 0.0587. The van der Waals surface area contributed by atoms with E-state index < -0.39 is 5.97 Å². The number of esters is 1. The summed E-state index contributed by atoms with van der Waals surface area (Å²) >= 11 is 0. The van der Waals surface area contributed by atoms with Gasteiger partial charge in [0.2, 0.25) is 5.82 Å². The van der Waals surface area contributed by atoms with Crippen LogP contribution in [-0.2, 0) is 11.3 Å². The quantitative estimate of drug-likeness (QED) is 0.651. The van der Waals surface area contributed by atoms with Gasteiger partial charge in [-0.05, 0) is 30.2 Å². The van der Waals surface area contributed by atoms with Gasteiger partial charge >= 0.3 is 5.97 Å². The molecule has 104 valence electrons. The van der Waals surface area contributed by atoms with Crippen LogP contribution < -0.4 is 11.1 Å². The van der Waals surface area contributed by atoms with Crippen molar-refractivity contribution in [3.05, 3.63) is 47.4 Å². The first-order valence-electron chi connectivity index (χ1n) is 6.11. The van der Waals surface area contributed by atoms with Crippen molar-refractivity contribution in [2.45, 2.75) is 13.5 Å². The van der Waals surface area contributed by atoms with Crippen LogP contribution in [0.2, 0.25) is 0 Å². The van der Waals surface area contributed by atoms with Crippen molar-refractivity contribution in [1.82, 2.24) is 9.97 Å². The molecule has 1 aromatic carbocycles. The molecule has 0 saturated carbocycles. The lowest BCUT2D eigenvalue weighted by Crippen LogP contribution is -2.10. The molecule has 6 heteroatoms. The highest BCUT2D eigenvalue weighted by atomic mass is 16.5. The second-order valence-corrected chi connectivity index (χ2v) is 4.24. The van der Waals surface area contributed by atoms with Crippen LogP contribution in [0.5, 0.6) is 0 Å². The third kappa shape index (κ3) is 3.03. The molecule has 2 rings (SSSR count). The molecular formula is C14H16N4O2. The number of nitrogen functional groups attached to an aromatic ring is 1. The topological polar surface area (TPSA) is 90.1 Å². The van der Waals surface area contributed by atoms with Gasteiger partial charge in [-0.2, -0.15) is 0 Å². The van der Waals surface area contributed by atoms with E-state index in [0.717, 1.165) is 16.8 Å². The van der Waals surface area contributed by atoms with Crippen molar-refractivity contribution < 1.29 is 9.53 Å². The Kier molecular flexibility index (Phi) is 4.14. The van der Waals surface area contributed by atoms with Gasteiger partial charge in [0.1, 0.15) is 5.82 Å². The van der Waals surface area contributed by atoms with Crippen LogP contribution in [0, 0.1) is 6.92 Å². The van der Waals surface area contributed by atoms with Crippen molar-refractivity contribution in [2.24, 2.45) is 0 Å². The smallest absolute Gasteiger partial charge is 0.376 e. The van der Waals surface area contributed by atoms with Gasteiger partial charge in [0.15, 0.2) is 0 Å². The van der Waals surface area contributed by atoms with Crippen LogP contribution in [0.4, 0.5) is 11.5 Å². The predicted octanol–water partition coefficient (Wildman–Crippen LogP) is 1.77. The fraction of sp³-hybridized carbons (Fsp3) is 0.214. The summed E-state index contributed by atoms with van der Waals surface area (Å²) in [5.41, 5.74) is 8.71. The molecule has 6 nitrogen and oxygen atoms in total. The maximum atomic E-state index is 11.3. The first-order valence-corrected chi connectivity index (χ1v) is 6.11. The molecule has 0 radical (unpaired) electrons. The summed E-state index contributed by atoms with van der Waals surface area (Å²) in [5.74, 6) is 0.0257. The maximum Gasteiger partial charge on any atom is 0.376 e. The third-order valence-corrected chi connectivity index (χ3v) is 2.97. The van der Waals surface area contributed by atoms with Crippen molar-refractivity contribution in [2.75, 3.05) is 18.2 Å². The molecule has 0 unspecified atom stereocenters. The Morgan fingerprint density at radius 3 is 2.95 bits per heavy atom. The van der Waals surface area contributed by atoms with Crippen LogP contribution in [0.1, 0.15) is 21.7 Å². The highest BCUT2D eigenvalue weighted by Gasteiger charge is 2.09. The number of aromatic nitrogens is 2. The Morgan fingerprint density at radius 2 is 2.20 bits per heavy atom. The van der Waals surface area contributed by atoms with Crippen LogP contribution in [0.25, 0.3) is 0 Å². The number of carbonyl (C=O) groups is 1. The van der Waals surface area contributed by atoms with Crippen LogP contribution >= 0.6 is 0 Å². The minimum Gasteiger partial charge on any atom is -0.463 e. The van der Waals surface area contributed by atoms with Crippen LogP contribution in [0.3, 0.4) is 0 Å². The van der Waals surface area contributed by atoms with Gasteiger partial charge in [0.25, 0.3) is 0 Å². The standard InChI is InChI=1S/C14H16N4O2/c1-9-10(4-3-5-11(9)15)8-17-12-6-7-16-13(18-12)14(19)20-2/h3-7H,8,15H2,1-2H3,(H,16,17,18). The molecule has 0 aliphatic rings. The number of ether oxygens (including phenoxy) is 1. The van der Waals surface area contributed by atoms with Gasteiger partial charge in [-0.15, -0.1) is 0 Å². The minimum absolute atomic E-state index is 0.0294. The van der Waals surface area contributed by atoms with Gasteiger partial charge in [-0.1, -0.05) is 12.1 Å². The molecule has 0 atom stereocenters. The van der Waals surface area contributed by atoms with Crippen molar-refractivity contribution in [3.63, 3.8) is 0 Å². The largest absolute Gasteiger partial charge is 0.463 e. The molecule has 0 amide bonds. The second-order valence-electron chi connectivity index (χ2n) is 4.24. The average Bonchev–Trinajstić information content (AvgIpc) is 2.48. The summed E-state index contributed by atoms with van der Waals surface area (Å²) in [5, 5.41) is 3.13. The number of carbonyl (C=O) groups excluding carboxylic acids is 1. The Labute approximate surface area is 117 Å². The molecule has 0 fully saturated rings. The Morgan fingerprint density at radius 1 is 1.40 bits per heavy atom. The summed E-state index contributed by atoms with van der Waals surface area (Å²) in [6.45, 7) is 2.53. The number of methoxy groups -OCH3 is 1. The summed E-state index contributed by atoms with van der Waals surface area (Å²) in [7, 11) is 1.29. The van der Waals surface area contributed by atoms with Crippen molar-refractivity contribution in [1.29, 1.82) is 0 Å². The first-order chi connectivity index (χ1) is 9.61. The molecule has 1 aromatic heterocycles. The van der Waals surface area contributed by atoms with Crippen LogP contribution in [0.15, 0.2) is 30.5 Å². The molecule has 3 N–H and O–H groups in total. The number of hydrogen-bond donors (Lipinski definition) is 2. The number of nitrogens with zero attached hydrogens (tertiary/aromatic N) is 2. The Hall–Kier alpha value is -2.63. The van der Waals surface area contributed by atoms with E-state index >= 15 is 0 Å². The Balaban J connectivity index is 2.11. The monoisotopic (exact) mass is 272 g/mol. The van der Waals surface area contributed by atoms with E-state index in [2.05, 4.69) is 20.0 Å². The lowest BCUT2D eigenvalue weighted by atomic mass is 10.1. The highest BCUT2D eigenvalue weighted by molar-refractivity contribution is 5.85. The summed E-state index contributed by atoms with van der Waals surface area (Å²) in [6.07, 6.45) is 1.51. The zero-order valence-corrected chi connectivity index (χ0v) is 11.4. The van der Waals surface area contributed by atoms with Crippen LogP contribution in [-0.4, -0.2) is 23.0 Å². The van der Waals surface area contributed by atoms with E-state index in [9.17, 15) is 4.79 Å². The van der Waals surface area contributed by atoms with E-state index in [1.807, 2.05) is 25.1 Å². The van der Waals surface area contributed by atoms with Crippen molar-refractivity contribution >= 4 is 17.5 Å². The zero-order valence-electron chi connectivity index (χ0n) is 11.4. The number of hydrogen-bond acceptors (Lipinski definition) is 6. The number of nitrogens with two attached hydrogens (primary N) is 1. The molecule has 20 heavy (non-hydrogen) atoms. The molecule has 0 spiro atoms. The summed E-state index contributed by atoms with van der Waals surface area (Å²) in [6, 6.07) is 7.44. The molecule has 0 aliphatic heterocycles. The highest BCUT2D eigenvalue weighted by Crippen LogP contribution is 2.16. The van der Waals surface area contributed by atoms with E-state index in [4.69, 9.17) is 5.73 Å². The minimum atomic E-state index is -0.561. The third-order valence-electron chi connectivity index (χ3n) is 2.97. The van der Waals surface area contributed by atoms with E-state index in [1.54, 1.807) is 6.07 Å². The number of benzene rings is 1. The first kappa shape index (κ1) is 13.8. The average molecular weight is 272 g/mol. The summed E-state index contributed by atoms with van der Waals surface area (Å²) in [4.78, 5) is 19.3. The Bertz CT molecular complexity index is 628. The SMILES string of the molecule is COC(=O)c1nccc(NCc2cccc(N)c2C)n1. The fourth-order valence-corrected chi connectivity index (χ4v) is 1.73. The maximum absolute atomic E-state index is 11.3. The second kappa shape index (κ2) is 6.01. The predicted molar refractivity (Wildman–Crippen MR) is 76.3 cm³/mol. The number of rotatable bonds is 4. The molecular weight excluding hydrogens is 256 g/mol. The molecule has 0 aliphatic carbocycles. The van der Waals surface area contributed by atoms with E-state index in [-0.39, 0.29) is 5.82 Å². The van der Waals surface area contributed by atoms with Gasteiger partial charge in [-0.25, -0.2) is 14.8 Å². The zero-order chi connectivity index (χ0) is 14.5. The molecule has 2 aromatic rings. The van der Waals surface area contributed by atoms with Crippen molar-refractivity contribution in [3.8, 4) is 0 Å². The fourth-order valence-electron chi connectivity index (χ4n) is 1.73. The van der Waals surface area contributed by atoms with E-state index in [0.29, 0.717) is 12.4 Å². The number of anilines is 2. The molecule has 0 saturated heterocycles. The van der Waals surface area contributed by atoms with Gasteiger partial charge < -0.3 is 15.8 Å². The van der Waals surface area contributed by atoms with Gasteiger partial charge in [-0.3, -0.25) is 0 Å². The van der Waals surface area contributed by atoms with E-state index in [1.165, 1.54) is 13.3 Å². The summed E-state index contributed by atoms with van der Waals surface area (Å²) < 4.78 is 4.58. The normalized spacial score (nSPS) is 10.1. The number of nitrogens with one attached hydrogen (secondary N) is 1. The van der Waals surface area contributed by atoms with Gasteiger partial charge in [0.05, 0.1) is 7.11 Å². The molecule has 0 bridgehead atoms. The van der Waals surface area contributed by atoms with Gasteiger partial charge in [0, 0.05) is 18.4 Å². The molecule has 1 heterocycles. The lowest BCUT2D eigenvalue weighted by Gasteiger charge is -2.10.